The highest BCUT2D eigenvalue weighted by Crippen LogP contribution is 2.64. The highest BCUT2D eigenvalue weighted by Gasteiger charge is 2.64. The molecule has 3 heteroatoms. The summed E-state index contributed by atoms with van der Waals surface area (Å²) < 4.78 is -1.24. The first kappa shape index (κ1) is 9.93. The van der Waals surface area contributed by atoms with Gasteiger partial charge in [0.15, 0.2) is 10.1 Å². The molecule has 0 saturated heterocycles. The molecule has 0 radical (unpaired) electrons. The Morgan fingerprint density at radius 1 is 1.00 bits per heavy atom. The molecule has 0 unspecified atom stereocenters. The third-order valence-electron chi connectivity index (χ3n) is 3.97. The summed E-state index contributed by atoms with van der Waals surface area (Å²) in [6.07, 6.45) is 0. The first-order valence-corrected chi connectivity index (χ1v) is 6.31. The van der Waals surface area contributed by atoms with Crippen molar-refractivity contribution in [2.24, 2.45) is 0 Å². The molecule has 0 spiro atoms. The molecule has 0 bridgehead atoms. The van der Waals surface area contributed by atoms with Crippen LogP contribution in [0.3, 0.4) is 0 Å². The molecule has 0 heterocycles. The first-order chi connectivity index (χ1) is 8.12. The van der Waals surface area contributed by atoms with E-state index in [0.29, 0.717) is 0 Å². The van der Waals surface area contributed by atoms with Gasteiger partial charge in [-0.15, -0.1) is 0 Å². The maximum absolute atomic E-state index is 12.0. The molecule has 0 N–H and O–H groups in total. The van der Waals surface area contributed by atoms with E-state index in [1.165, 1.54) is 5.39 Å². The maximum atomic E-state index is 12.0. The molecule has 2 aliphatic rings. The number of carbonyl (C=O) groups excluding carboxylic acids is 1. The molecule has 2 aliphatic carbocycles. The van der Waals surface area contributed by atoms with Gasteiger partial charge in [0.05, 0.1) is 5.92 Å². The number of hydrogen-bond acceptors (Lipinski definition) is 1. The quantitative estimate of drug-likeness (QED) is 0.661. The van der Waals surface area contributed by atoms with E-state index in [4.69, 9.17) is 23.2 Å². The van der Waals surface area contributed by atoms with Crippen LogP contribution in [0.2, 0.25) is 0 Å². The lowest BCUT2D eigenvalue weighted by Gasteiger charge is -2.42. The van der Waals surface area contributed by atoms with Gasteiger partial charge in [-0.2, -0.15) is 0 Å². The fourth-order valence-corrected chi connectivity index (χ4v) is 3.96. The Morgan fingerprint density at radius 2 is 1.65 bits per heavy atom. The van der Waals surface area contributed by atoms with E-state index >= 15 is 0 Å². The van der Waals surface area contributed by atoms with Crippen molar-refractivity contribution in [1.82, 2.24) is 0 Å². The summed E-state index contributed by atoms with van der Waals surface area (Å²) in [5, 5.41) is 2.33. The van der Waals surface area contributed by atoms with Gasteiger partial charge in [-0.25, -0.2) is 0 Å². The van der Waals surface area contributed by atoms with Crippen LogP contribution in [-0.2, 0) is 4.79 Å². The number of rotatable bonds is 0. The van der Waals surface area contributed by atoms with Crippen molar-refractivity contribution in [3.8, 4) is 0 Å². The van der Waals surface area contributed by atoms with E-state index in [0.717, 1.165) is 16.5 Å². The molecular weight excluding hydrogens is 255 g/mol. The summed E-state index contributed by atoms with van der Waals surface area (Å²) in [5.74, 6) is -0.264. The van der Waals surface area contributed by atoms with Crippen LogP contribution in [0.4, 0.5) is 0 Å². The van der Waals surface area contributed by atoms with Gasteiger partial charge < -0.3 is 0 Å². The van der Waals surface area contributed by atoms with Gasteiger partial charge in [0.25, 0.3) is 0 Å². The second kappa shape index (κ2) is 2.85. The second-order valence-electron chi connectivity index (χ2n) is 4.74. The van der Waals surface area contributed by atoms with Crippen molar-refractivity contribution in [2.45, 2.75) is 16.2 Å². The number of alkyl halides is 2. The van der Waals surface area contributed by atoms with Crippen molar-refractivity contribution in [3.05, 3.63) is 47.5 Å². The Labute approximate surface area is 108 Å². The molecule has 1 fully saturated rings. The highest BCUT2D eigenvalue weighted by atomic mass is 35.5. The third kappa shape index (κ3) is 0.966. The standard InChI is InChI=1S/C14H8Cl2O/c15-14(16)12-9-6-2-4-7-3-1-5-8(10(7)9)11(12)13(14)17/h1-6,11-12H/t11-,12+/m1/s1. The Kier molecular flexibility index (Phi) is 1.66. The first-order valence-electron chi connectivity index (χ1n) is 5.56. The molecular formula is C14H8Cl2O. The van der Waals surface area contributed by atoms with Crippen LogP contribution in [-0.4, -0.2) is 10.1 Å². The largest absolute Gasteiger partial charge is 0.296 e. The van der Waals surface area contributed by atoms with Crippen LogP contribution < -0.4 is 0 Å². The molecule has 17 heavy (non-hydrogen) atoms. The Morgan fingerprint density at radius 3 is 2.35 bits per heavy atom. The maximum Gasteiger partial charge on any atom is 0.184 e. The third-order valence-corrected chi connectivity index (χ3v) is 4.82. The lowest BCUT2D eigenvalue weighted by molar-refractivity contribution is -0.127. The van der Waals surface area contributed by atoms with Gasteiger partial charge >= 0.3 is 0 Å². The van der Waals surface area contributed by atoms with Crippen LogP contribution in [0.1, 0.15) is 23.0 Å². The van der Waals surface area contributed by atoms with Crippen LogP contribution >= 0.6 is 23.2 Å². The second-order valence-corrected chi connectivity index (χ2v) is 6.12. The normalized spacial score (nSPS) is 28.0. The lowest BCUT2D eigenvalue weighted by atomic mass is 9.70. The van der Waals surface area contributed by atoms with E-state index in [2.05, 4.69) is 12.1 Å². The van der Waals surface area contributed by atoms with Gasteiger partial charge in [0.1, 0.15) is 0 Å². The number of ketones is 1. The van der Waals surface area contributed by atoms with Gasteiger partial charge in [0, 0.05) is 5.92 Å². The van der Waals surface area contributed by atoms with Gasteiger partial charge in [0.2, 0.25) is 0 Å². The van der Waals surface area contributed by atoms with Gasteiger partial charge in [-0.05, 0) is 21.9 Å². The molecule has 1 nitrogen and oxygen atoms in total. The van der Waals surface area contributed by atoms with E-state index in [1.807, 2.05) is 24.3 Å². The minimum absolute atomic E-state index is 0.0606. The minimum Gasteiger partial charge on any atom is -0.296 e. The SMILES string of the molecule is O=C1[C@@H]2c3cccc4cccc(c34)[C@@H]2C1(Cl)Cl. The highest BCUT2D eigenvalue weighted by molar-refractivity contribution is 6.62. The van der Waals surface area contributed by atoms with Crippen LogP contribution in [0, 0.1) is 0 Å². The summed E-state index contributed by atoms with van der Waals surface area (Å²) in [6, 6.07) is 12.1. The van der Waals surface area contributed by atoms with E-state index in [-0.39, 0.29) is 17.6 Å². The van der Waals surface area contributed by atoms with E-state index < -0.39 is 4.33 Å². The summed E-state index contributed by atoms with van der Waals surface area (Å²) in [6.45, 7) is 0. The zero-order chi connectivity index (χ0) is 11.8. The molecule has 0 aliphatic heterocycles. The summed E-state index contributed by atoms with van der Waals surface area (Å²) in [7, 11) is 0. The topological polar surface area (TPSA) is 17.1 Å². The molecule has 84 valence electrons. The summed E-state index contributed by atoms with van der Waals surface area (Å²) in [4.78, 5) is 12.0. The number of hydrogen-bond donors (Lipinski definition) is 0. The van der Waals surface area contributed by atoms with Crippen molar-refractivity contribution in [2.75, 3.05) is 0 Å². The minimum atomic E-state index is -1.24. The van der Waals surface area contributed by atoms with Crippen LogP contribution in [0.15, 0.2) is 36.4 Å². The molecule has 0 aromatic heterocycles. The number of halogens is 2. The van der Waals surface area contributed by atoms with Crippen molar-refractivity contribution in [1.29, 1.82) is 0 Å². The average Bonchev–Trinajstić information content (AvgIpc) is 2.65. The van der Waals surface area contributed by atoms with E-state index in [1.54, 1.807) is 0 Å². The molecule has 4 rings (SSSR count). The monoisotopic (exact) mass is 262 g/mol. The summed E-state index contributed by atoms with van der Waals surface area (Å²) in [5.41, 5.74) is 2.21. The van der Waals surface area contributed by atoms with Gasteiger partial charge in [-0.3, -0.25) is 4.79 Å². The molecule has 2 aromatic carbocycles. The lowest BCUT2D eigenvalue weighted by Crippen LogP contribution is -2.50. The molecule has 1 saturated carbocycles. The number of benzene rings is 2. The van der Waals surface area contributed by atoms with Gasteiger partial charge in [-0.1, -0.05) is 59.6 Å². The van der Waals surface area contributed by atoms with Crippen molar-refractivity contribution < 1.29 is 4.79 Å². The zero-order valence-electron chi connectivity index (χ0n) is 8.78. The number of carbonyl (C=O) groups is 1. The molecule has 2 aromatic rings. The Balaban J connectivity index is 2.12. The van der Waals surface area contributed by atoms with Crippen LogP contribution in [0.25, 0.3) is 10.8 Å². The molecule has 0 amide bonds. The van der Waals surface area contributed by atoms with E-state index in [9.17, 15) is 4.79 Å². The van der Waals surface area contributed by atoms with Crippen molar-refractivity contribution in [3.63, 3.8) is 0 Å². The Hall–Kier alpha value is -1.05. The fourth-order valence-electron chi connectivity index (χ4n) is 3.24. The predicted molar refractivity (Wildman–Crippen MR) is 68.9 cm³/mol. The zero-order valence-corrected chi connectivity index (χ0v) is 10.3. The van der Waals surface area contributed by atoms with Crippen LogP contribution in [0.5, 0.6) is 0 Å². The summed E-state index contributed by atoms with van der Waals surface area (Å²) >= 11 is 12.3. The predicted octanol–water partition coefficient (Wildman–Crippen LogP) is 3.78. The number of Topliss-reactive ketones (excluding diaryl/α,β-unsaturated/α-hetero) is 1. The average molecular weight is 263 g/mol. The Bertz CT molecular complexity index is 670. The number of fused-ring (bicyclic) bond motifs is 3. The smallest absolute Gasteiger partial charge is 0.184 e. The molecule has 2 atom stereocenters. The fraction of sp³-hybridized carbons (Fsp3) is 0.214. The van der Waals surface area contributed by atoms with Crippen molar-refractivity contribution >= 4 is 39.8 Å².